The molecule has 0 radical (unpaired) electrons. The number of nitrogens with one attached hydrogen (secondary N) is 1. The van der Waals surface area contributed by atoms with E-state index in [1.807, 2.05) is 11.3 Å². The number of rotatable bonds is 7. The highest BCUT2D eigenvalue weighted by Gasteiger charge is 2.33. The van der Waals surface area contributed by atoms with Crippen LogP contribution < -0.4 is 5.32 Å². The van der Waals surface area contributed by atoms with Crippen LogP contribution in [0.25, 0.3) is 0 Å². The molecule has 0 atom stereocenters. The van der Waals surface area contributed by atoms with E-state index in [0.29, 0.717) is 5.41 Å². The molecule has 1 aromatic heterocycles. The molecule has 0 amide bonds. The molecule has 20 heavy (non-hydrogen) atoms. The van der Waals surface area contributed by atoms with Crippen molar-refractivity contribution in [2.75, 3.05) is 13.1 Å². The minimum absolute atomic E-state index is 0.204. The minimum atomic E-state index is 0.204. The standard InChI is InChI=1S/C17H30N2S/c1-16(2,3)18-12-17(4,5)13-19(14-8-9-14)11-15-7-6-10-20-15/h6-7,10,14,18H,8-9,11-13H2,1-5H3. The molecule has 1 fully saturated rings. The van der Waals surface area contributed by atoms with Crippen LogP contribution in [0.5, 0.6) is 0 Å². The Bertz CT molecular complexity index is 399. The fourth-order valence-corrected chi connectivity index (χ4v) is 3.20. The van der Waals surface area contributed by atoms with Crippen LogP contribution in [0.15, 0.2) is 17.5 Å². The monoisotopic (exact) mass is 294 g/mol. The van der Waals surface area contributed by atoms with E-state index in [2.05, 4.69) is 62.3 Å². The Hall–Kier alpha value is -0.380. The second-order valence-corrected chi connectivity index (χ2v) is 9.02. The summed E-state index contributed by atoms with van der Waals surface area (Å²) >= 11 is 1.88. The van der Waals surface area contributed by atoms with E-state index in [-0.39, 0.29) is 5.54 Å². The summed E-state index contributed by atoms with van der Waals surface area (Å²) in [5, 5.41) is 5.85. The highest BCUT2D eigenvalue weighted by atomic mass is 32.1. The van der Waals surface area contributed by atoms with E-state index in [0.717, 1.165) is 19.1 Å². The maximum absolute atomic E-state index is 3.66. The first-order chi connectivity index (χ1) is 9.25. The molecule has 1 aliphatic rings. The van der Waals surface area contributed by atoms with E-state index in [1.54, 1.807) is 0 Å². The second-order valence-electron chi connectivity index (χ2n) is 7.98. The molecule has 114 valence electrons. The molecule has 0 spiro atoms. The van der Waals surface area contributed by atoms with Crippen LogP contribution in [-0.2, 0) is 6.54 Å². The summed E-state index contributed by atoms with van der Waals surface area (Å²) in [7, 11) is 0. The van der Waals surface area contributed by atoms with Crippen molar-refractivity contribution in [3.8, 4) is 0 Å². The smallest absolute Gasteiger partial charge is 0.0331 e. The van der Waals surface area contributed by atoms with Gasteiger partial charge in [0.1, 0.15) is 0 Å². The molecule has 1 aromatic rings. The Kier molecular flexibility index (Phi) is 4.93. The van der Waals surface area contributed by atoms with Crippen molar-refractivity contribution in [2.45, 2.75) is 65.6 Å². The lowest BCUT2D eigenvalue weighted by molar-refractivity contribution is 0.153. The largest absolute Gasteiger partial charge is 0.311 e. The van der Waals surface area contributed by atoms with E-state index in [1.165, 1.54) is 24.3 Å². The van der Waals surface area contributed by atoms with Gasteiger partial charge in [0.15, 0.2) is 0 Å². The van der Waals surface area contributed by atoms with E-state index in [9.17, 15) is 0 Å². The molecule has 0 saturated heterocycles. The first-order valence-electron chi connectivity index (χ1n) is 7.77. The third kappa shape index (κ3) is 5.55. The molecule has 1 aliphatic carbocycles. The van der Waals surface area contributed by atoms with Crippen molar-refractivity contribution in [3.63, 3.8) is 0 Å². The van der Waals surface area contributed by atoms with Gasteiger partial charge in [0.05, 0.1) is 0 Å². The maximum atomic E-state index is 3.66. The highest BCUT2D eigenvalue weighted by Crippen LogP contribution is 2.32. The molecule has 1 heterocycles. The van der Waals surface area contributed by atoms with Gasteiger partial charge < -0.3 is 5.32 Å². The van der Waals surface area contributed by atoms with Gasteiger partial charge in [-0.05, 0) is 50.5 Å². The van der Waals surface area contributed by atoms with Crippen LogP contribution in [0.3, 0.4) is 0 Å². The first kappa shape index (κ1) is 16.0. The maximum Gasteiger partial charge on any atom is 0.0331 e. The summed E-state index contributed by atoms with van der Waals surface area (Å²) in [6.07, 6.45) is 2.77. The average molecular weight is 295 g/mol. The number of hydrogen-bond acceptors (Lipinski definition) is 3. The molecule has 0 unspecified atom stereocenters. The molecule has 2 nitrogen and oxygen atoms in total. The molecule has 1 N–H and O–H groups in total. The van der Waals surface area contributed by atoms with Crippen LogP contribution in [-0.4, -0.2) is 29.6 Å². The summed E-state index contributed by atoms with van der Waals surface area (Å²) in [6.45, 7) is 14.9. The summed E-state index contributed by atoms with van der Waals surface area (Å²) < 4.78 is 0. The second kappa shape index (κ2) is 6.17. The van der Waals surface area contributed by atoms with Crippen molar-refractivity contribution in [2.24, 2.45) is 5.41 Å². The fraction of sp³-hybridized carbons (Fsp3) is 0.765. The summed E-state index contributed by atoms with van der Waals surface area (Å²) in [4.78, 5) is 4.19. The van der Waals surface area contributed by atoms with Crippen LogP contribution in [0, 0.1) is 5.41 Å². The molecule has 2 rings (SSSR count). The van der Waals surface area contributed by atoms with Gasteiger partial charge in [-0.25, -0.2) is 0 Å². The molecule has 0 aliphatic heterocycles. The first-order valence-corrected chi connectivity index (χ1v) is 8.65. The zero-order valence-electron chi connectivity index (χ0n) is 13.7. The van der Waals surface area contributed by atoms with Gasteiger partial charge >= 0.3 is 0 Å². The van der Waals surface area contributed by atoms with Gasteiger partial charge in [-0.3, -0.25) is 4.90 Å². The van der Waals surface area contributed by atoms with Crippen LogP contribution in [0.1, 0.15) is 52.3 Å². The quantitative estimate of drug-likeness (QED) is 0.813. The molecular formula is C17H30N2S. The zero-order valence-corrected chi connectivity index (χ0v) is 14.5. The van der Waals surface area contributed by atoms with E-state index >= 15 is 0 Å². The molecular weight excluding hydrogens is 264 g/mol. The number of hydrogen-bond donors (Lipinski definition) is 1. The lowest BCUT2D eigenvalue weighted by Gasteiger charge is -2.35. The number of thiophene rings is 1. The van der Waals surface area contributed by atoms with Crippen molar-refractivity contribution in [1.29, 1.82) is 0 Å². The fourth-order valence-electron chi connectivity index (χ4n) is 2.47. The Balaban J connectivity index is 1.89. The lowest BCUT2D eigenvalue weighted by atomic mass is 9.91. The minimum Gasteiger partial charge on any atom is -0.311 e. The Morgan fingerprint density at radius 1 is 1.25 bits per heavy atom. The SMILES string of the molecule is CC(C)(CNC(C)(C)C)CN(Cc1cccs1)C1CC1. The summed E-state index contributed by atoms with van der Waals surface area (Å²) in [5.74, 6) is 0. The van der Waals surface area contributed by atoms with Crippen molar-refractivity contribution < 1.29 is 0 Å². The Labute approximate surface area is 128 Å². The van der Waals surface area contributed by atoms with Crippen molar-refractivity contribution >= 4 is 11.3 Å². The number of nitrogens with zero attached hydrogens (tertiary/aromatic N) is 1. The Morgan fingerprint density at radius 3 is 2.45 bits per heavy atom. The summed E-state index contributed by atoms with van der Waals surface area (Å²) in [6, 6.07) is 5.25. The van der Waals surface area contributed by atoms with Gasteiger partial charge in [0.25, 0.3) is 0 Å². The molecule has 3 heteroatoms. The van der Waals surface area contributed by atoms with Crippen LogP contribution >= 0.6 is 11.3 Å². The topological polar surface area (TPSA) is 15.3 Å². The summed E-state index contributed by atoms with van der Waals surface area (Å²) in [5.41, 5.74) is 0.516. The molecule has 0 aromatic carbocycles. The molecule has 1 saturated carbocycles. The van der Waals surface area contributed by atoms with Gasteiger partial charge in [0.2, 0.25) is 0 Å². The van der Waals surface area contributed by atoms with Crippen LogP contribution in [0.2, 0.25) is 0 Å². The average Bonchev–Trinajstić information content (AvgIpc) is 3.05. The normalized spacial score (nSPS) is 16.9. The molecule has 0 bridgehead atoms. The highest BCUT2D eigenvalue weighted by molar-refractivity contribution is 7.09. The predicted molar refractivity (Wildman–Crippen MR) is 89.3 cm³/mol. The van der Waals surface area contributed by atoms with Gasteiger partial charge in [-0.1, -0.05) is 19.9 Å². The van der Waals surface area contributed by atoms with Gasteiger partial charge in [0, 0.05) is 36.1 Å². The van der Waals surface area contributed by atoms with E-state index < -0.39 is 0 Å². The van der Waals surface area contributed by atoms with Gasteiger partial charge in [-0.15, -0.1) is 11.3 Å². The third-order valence-electron chi connectivity index (χ3n) is 3.73. The Morgan fingerprint density at radius 2 is 1.95 bits per heavy atom. The van der Waals surface area contributed by atoms with Gasteiger partial charge in [-0.2, -0.15) is 0 Å². The third-order valence-corrected chi connectivity index (χ3v) is 4.59. The van der Waals surface area contributed by atoms with Crippen molar-refractivity contribution in [3.05, 3.63) is 22.4 Å². The zero-order chi connectivity index (χ0) is 14.8. The van der Waals surface area contributed by atoms with Crippen LogP contribution in [0.4, 0.5) is 0 Å². The van der Waals surface area contributed by atoms with E-state index in [4.69, 9.17) is 0 Å². The van der Waals surface area contributed by atoms with Crippen molar-refractivity contribution in [1.82, 2.24) is 10.2 Å². The predicted octanol–water partition coefficient (Wildman–Crippen LogP) is 4.13. The lowest BCUT2D eigenvalue weighted by Crippen LogP contribution is -2.46.